The summed E-state index contributed by atoms with van der Waals surface area (Å²) in [4.78, 5) is 29.7. The number of thiophene rings is 1. The van der Waals surface area contributed by atoms with Crippen molar-refractivity contribution in [1.29, 1.82) is 0 Å². The number of aromatic nitrogens is 6. The lowest BCUT2D eigenvalue weighted by atomic mass is 10.1. The van der Waals surface area contributed by atoms with Crippen molar-refractivity contribution in [1.82, 2.24) is 29.7 Å². The molecule has 0 saturated carbocycles. The van der Waals surface area contributed by atoms with Crippen molar-refractivity contribution < 1.29 is 0 Å². The van der Waals surface area contributed by atoms with E-state index in [4.69, 9.17) is 0 Å². The van der Waals surface area contributed by atoms with Crippen LogP contribution in [0.25, 0.3) is 32.4 Å². The van der Waals surface area contributed by atoms with Gasteiger partial charge in [0.05, 0.1) is 22.7 Å². The van der Waals surface area contributed by atoms with E-state index in [9.17, 15) is 4.79 Å². The molecule has 0 aliphatic carbocycles. The fourth-order valence-electron chi connectivity index (χ4n) is 3.08. The Morgan fingerprint density at radius 2 is 2.07 bits per heavy atom. The van der Waals surface area contributed by atoms with Gasteiger partial charge in [-0.3, -0.25) is 9.48 Å². The van der Waals surface area contributed by atoms with Gasteiger partial charge in [0.25, 0.3) is 5.56 Å². The van der Waals surface area contributed by atoms with Crippen LogP contribution in [0.4, 0.5) is 0 Å². The molecule has 4 heterocycles. The first-order valence-electron chi connectivity index (χ1n) is 8.52. The molecule has 0 spiro atoms. The maximum atomic E-state index is 12.7. The van der Waals surface area contributed by atoms with E-state index >= 15 is 0 Å². The van der Waals surface area contributed by atoms with E-state index in [1.54, 1.807) is 10.9 Å². The molecule has 1 aromatic carbocycles. The fourth-order valence-corrected chi connectivity index (χ4v) is 4.88. The van der Waals surface area contributed by atoms with Crippen LogP contribution in [-0.4, -0.2) is 29.7 Å². The molecule has 138 valence electrons. The van der Waals surface area contributed by atoms with Crippen molar-refractivity contribution in [2.45, 2.75) is 10.8 Å². The molecule has 28 heavy (non-hydrogen) atoms. The average molecular weight is 406 g/mol. The molecule has 0 atom stereocenters. The summed E-state index contributed by atoms with van der Waals surface area (Å²) >= 11 is 2.99. The first-order chi connectivity index (χ1) is 13.7. The van der Waals surface area contributed by atoms with Crippen LogP contribution in [0.5, 0.6) is 0 Å². The molecule has 0 amide bonds. The van der Waals surface area contributed by atoms with E-state index in [1.807, 2.05) is 42.8 Å². The van der Waals surface area contributed by atoms with Gasteiger partial charge < -0.3 is 4.98 Å². The Bertz CT molecular complexity index is 1360. The SMILES string of the molecule is Cn1ncc2c(SCc3nc4scc(-c5ccccc5)c4c(=O)[nH]3)ncnc21. The third kappa shape index (κ3) is 2.88. The monoisotopic (exact) mass is 406 g/mol. The zero-order valence-corrected chi connectivity index (χ0v) is 16.4. The van der Waals surface area contributed by atoms with E-state index in [1.165, 1.54) is 29.4 Å². The number of rotatable bonds is 4. The number of H-pyrrole nitrogens is 1. The number of hydrogen-bond acceptors (Lipinski definition) is 7. The third-order valence-electron chi connectivity index (χ3n) is 4.42. The molecule has 0 bridgehead atoms. The van der Waals surface area contributed by atoms with E-state index < -0.39 is 0 Å². The molecule has 0 radical (unpaired) electrons. The summed E-state index contributed by atoms with van der Waals surface area (Å²) in [7, 11) is 1.85. The topological polar surface area (TPSA) is 89.4 Å². The molecule has 5 aromatic rings. The lowest BCUT2D eigenvalue weighted by Gasteiger charge is -2.03. The van der Waals surface area contributed by atoms with Crippen molar-refractivity contribution in [2.24, 2.45) is 7.05 Å². The van der Waals surface area contributed by atoms with Gasteiger partial charge in [0.2, 0.25) is 0 Å². The summed E-state index contributed by atoms with van der Waals surface area (Å²) in [5.74, 6) is 1.13. The molecular formula is C19H14N6OS2. The quantitative estimate of drug-likeness (QED) is 0.362. The highest BCUT2D eigenvalue weighted by atomic mass is 32.2. The molecule has 0 saturated heterocycles. The van der Waals surface area contributed by atoms with E-state index in [0.29, 0.717) is 17.0 Å². The molecule has 0 aliphatic rings. The number of nitrogens with zero attached hydrogens (tertiary/aromatic N) is 5. The van der Waals surface area contributed by atoms with Gasteiger partial charge in [0.15, 0.2) is 5.65 Å². The Morgan fingerprint density at radius 3 is 2.93 bits per heavy atom. The maximum absolute atomic E-state index is 12.7. The number of thioether (sulfide) groups is 1. The second-order valence-electron chi connectivity index (χ2n) is 6.18. The number of hydrogen-bond donors (Lipinski definition) is 1. The number of aryl methyl sites for hydroxylation is 1. The van der Waals surface area contributed by atoms with Gasteiger partial charge in [0.1, 0.15) is 22.0 Å². The summed E-state index contributed by atoms with van der Waals surface area (Å²) in [5, 5.41) is 8.56. The molecule has 1 N–H and O–H groups in total. The van der Waals surface area contributed by atoms with Gasteiger partial charge >= 0.3 is 0 Å². The molecule has 7 nitrogen and oxygen atoms in total. The first kappa shape index (κ1) is 17.1. The van der Waals surface area contributed by atoms with Crippen molar-refractivity contribution in [3.63, 3.8) is 0 Å². The molecule has 0 aliphatic heterocycles. The van der Waals surface area contributed by atoms with Crippen LogP contribution in [0.1, 0.15) is 5.82 Å². The smallest absolute Gasteiger partial charge is 0.260 e. The van der Waals surface area contributed by atoms with Crippen LogP contribution < -0.4 is 5.56 Å². The van der Waals surface area contributed by atoms with Gasteiger partial charge in [-0.15, -0.1) is 11.3 Å². The van der Waals surface area contributed by atoms with Gasteiger partial charge in [-0.1, -0.05) is 42.1 Å². The highest BCUT2D eigenvalue weighted by Gasteiger charge is 2.14. The molecule has 0 fully saturated rings. The minimum Gasteiger partial charge on any atom is -0.309 e. The maximum Gasteiger partial charge on any atom is 0.260 e. The number of fused-ring (bicyclic) bond motifs is 2. The fraction of sp³-hybridized carbons (Fsp3) is 0.105. The summed E-state index contributed by atoms with van der Waals surface area (Å²) in [6, 6.07) is 9.89. The zero-order chi connectivity index (χ0) is 19.1. The van der Waals surface area contributed by atoms with Crippen molar-refractivity contribution in [3.8, 4) is 11.1 Å². The van der Waals surface area contributed by atoms with Crippen molar-refractivity contribution >= 4 is 44.3 Å². The zero-order valence-electron chi connectivity index (χ0n) is 14.8. The van der Waals surface area contributed by atoms with Crippen LogP contribution in [0.3, 0.4) is 0 Å². The average Bonchev–Trinajstić information content (AvgIpc) is 3.32. The predicted molar refractivity (Wildman–Crippen MR) is 112 cm³/mol. The van der Waals surface area contributed by atoms with Crippen LogP contribution in [0.15, 0.2) is 58.1 Å². The highest BCUT2D eigenvalue weighted by molar-refractivity contribution is 7.98. The number of aromatic amines is 1. The largest absolute Gasteiger partial charge is 0.309 e. The Labute approximate surface area is 167 Å². The lowest BCUT2D eigenvalue weighted by molar-refractivity contribution is 0.784. The standard InChI is InChI=1S/C19H14N6OS2/c1-25-16-12(7-22-25)18(21-10-20-16)28-9-14-23-17(26)15-13(8-27-19(15)24-14)11-5-3-2-4-6-11/h2-8,10H,9H2,1H3,(H,23,24,26). The van der Waals surface area contributed by atoms with Crippen LogP contribution >= 0.6 is 23.1 Å². The number of benzene rings is 1. The van der Waals surface area contributed by atoms with Crippen LogP contribution in [-0.2, 0) is 12.8 Å². The molecule has 5 rings (SSSR count). The predicted octanol–water partition coefficient (Wildman–Crippen LogP) is 3.62. The summed E-state index contributed by atoms with van der Waals surface area (Å²) in [6.07, 6.45) is 3.28. The Kier molecular flexibility index (Phi) is 4.18. The van der Waals surface area contributed by atoms with Crippen molar-refractivity contribution in [3.05, 3.63) is 64.4 Å². The van der Waals surface area contributed by atoms with E-state index in [-0.39, 0.29) is 5.56 Å². The lowest BCUT2D eigenvalue weighted by Crippen LogP contribution is -2.10. The molecule has 0 unspecified atom stereocenters. The van der Waals surface area contributed by atoms with Crippen LogP contribution in [0, 0.1) is 0 Å². The highest BCUT2D eigenvalue weighted by Crippen LogP contribution is 2.31. The Hall–Kier alpha value is -3.04. The van der Waals surface area contributed by atoms with Gasteiger partial charge in [-0.25, -0.2) is 15.0 Å². The molecule has 4 aromatic heterocycles. The second kappa shape index (κ2) is 6.84. The van der Waals surface area contributed by atoms with Crippen molar-refractivity contribution in [2.75, 3.05) is 0 Å². The van der Waals surface area contributed by atoms with E-state index in [0.717, 1.165) is 32.0 Å². The first-order valence-corrected chi connectivity index (χ1v) is 10.4. The minimum atomic E-state index is -0.116. The summed E-state index contributed by atoms with van der Waals surface area (Å²) < 4.78 is 1.71. The molecular weight excluding hydrogens is 392 g/mol. The Balaban J connectivity index is 1.48. The second-order valence-corrected chi connectivity index (χ2v) is 8.00. The van der Waals surface area contributed by atoms with Gasteiger partial charge in [-0.2, -0.15) is 5.10 Å². The van der Waals surface area contributed by atoms with Crippen LogP contribution in [0.2, 0.25) is 0 Å². The van der Waals surface area contributed by atoms with Gasteiger partial charge in [0, 0.05) is 18.0 Å². The summed E-state index contributed by atoms with van der Waals surface area (Å²) in [5.41, 5.74) is 2.60. The summed E-state index contributed by atoms with van der Waals surface area (Å²) in [6.45, 7) is 0. The molecule has 9 heteroatoms. The minimum absolute atomic E-state index is 0.116. The van der Waals surface area contributed by atoms with Gasteiger partial charge in [-0.05, 0) is 5.56 Å². The Morgan fingerprint density at radius 1 is 1.21 bits per heavy atom. The normalized spacial score (nSPS) is 11.5. The van der Waals surface area contributed by atoms with E-state index in [2.05, 4.69) is 25.0 Å². The third-order valence-corrected chi connectivity index (χ3v) is 6.31. The number of nitrogens with one attached hydrogen (secondary N) is 1.